The summed E-state index contributed by atoms with van der Waals surface area (Å²) in [5.41, 5.74) is 1.26. The van der Waals surface area contributed by atoms with Gasteiger partial charge >= 0.3 is 0 Å². The number of ether oxygens (including phenoxy) is 2. The molecule has 1 heterocycles. The second-order valence-corrected chi connectivity index (χ2v) is 6.47. The molecule has 3 rings (SSSR count). The quantitative estimate of drug-likeness (QED) is 0.440. The molecule has 0 aromatic heterocycles. The average Bonchev–Trinajstić information content (AvgIpc) is 2.63. The van der Waals surface area contributed by atoms with Crippen molar-refractivity contribution in [3.8, 4) is 23.0 Å². The maximum atomic E-state index is 10.2. The molecule has 0 radical (unpaired) electrons. The lowest BCUT2D eigenvalue weighted by Crippen LogP contribution is -2.54. The van der Waals surface area contributed by atoms with Gasteiger partial charge in [0.1, 0.15) is 41.3 Å². The summed E-state index contributed by atoms with van der Waals surface area (Å²) in [5, 5.41) is 58.3. The highest BCUT2D eigenvalue weighted by Crippen LogP contribution is 2.29. The van der Waals surface area contributed by atoms with E-state index in [0.29, 0.717) is 24.0 Å². The third-order valence-electron chi connectivity index (χ3n) is 4.50. The van der Waals surface area contributed by atoms with Crippen molar-refractivity contribution in [2.45, 2.75) is 37.4 Å². The third-order valence-corrected chi connectivity index (χ3v) is 4.50. The molecule has 0 saturated carbocycles. The molecule has 27 heavy (non-hydrogen) atoms. The molecule has 4 atom stereocenters. The molecule has 8 nitrogen and oxygen atoms in total. The topological polar surface area (TPSA) is 140 Å². The summed E-state index contributed by atoms with van der Waals surface area (Å²) in [6, 6.07) is 8.93. The number of aryl methyl sites for hydroxylation is 2. The zero-order valence-corrected chi connectivity index (χ0v) is 14.4. The van der Waals surface area contributed by atoms with Crippen LogP contribution in [0, 0.1) is 0 Å². The Morgan fingerprint density at radius 2 is 1.48 bits per heavy atom. The van der Waals surface area contributed by atoms with E-state index in [2.05, 4.69) is 0 Å². The zero-order chi connectivity index (χ0) is 19.6. The number of hydrogen-bond donors (Lipinski definition) is 6. The van der Waals surface area contributed by atoms with Gasteiger partial charge in [-0.05, 0) is 36.1 Å². The first-order valence-corrected chi connectivity index (χ1v) is 8.50. The Kier molecular flexibility index (Phi) is 5.71. The van der Waals surface area contributed by atoms with Crippen molar-refractivity contribution in [1.29, 1.82) is 0 Å². The predicted molar refractivity (Wildman–Crippen MR) is 93.7 cm³/mol. The van der Waals surface area contributed by atoms with Gasteiger partial charge in [-0.15, -0.1) is 0 Å². The summed E-state index contributed by atoms with van der Waals surface area (Å²) in [5.74, 6) is 0.164. The fourth-order valence-corrected chi connectivity index (χ4v) is 2.88. The third kappa shape index (κ3) is 4.42. The molecule has 0 aliphatic carbocycles. The van der Waals surface area contributed by atoms with Gasteiger partial charge in [0.05, 0.1) is 6.61 Å². The normalized spacial score (nSPS) is 25.3. The second-order valence-electron chi connectivity index (χ2n) is 6.47. The van der Waals surface area contributed by atoms with Gasteiger partial charge in [0, 0.05) is 12.1 Å². The predicted octanol–water partition coefficient (Wildman–Crippen LogP) is 0.406. The van der Waals surface area contributed by atoms with Crippen LogP contribution in [0.15, 0.2) is 36.4 Å². The van der Waals surface area contributed by atoms with Gasteiger partial charge < -0.3 is 40.1 Å². The number of aliphatic hydroxyl groups is 3. The van der Waals surface area contributed by atoms with Gasteiger partial charge in [-0.1, -0.05) is 12.1 Å². The van der Waals surface area contributed by atoms with Gasteiger partial charge in [-0.3, -0.25) is 0 Å². The van der Waals surface area contributed by atoms with Crippen LogP contribution in [0.2, 0.25) is 0 Å². The number of hydrogen-bond acceptors (Lipinski definition) is 8. The Morgan fingerprint density at radius 3 is 2.11 bits per heavy atom. The molecule has 1 aliphatic rings. The first-order chi connectivity index (χ1) is 12.8. The van der Waals surface area contributed by atoms with Crippen LogP contribution in [-0.2, 0) is 17.6 Å². The maximum Gasteiger partial charge on any atom is 0.228 e. The fourth-order valence-electron chi connectivity index (χ4n) is 2.88. The van der Waals surface area contributed by atoms with Crippen LogP contribution in [0.1, 0.15) is 11.1 Å². The first-order valence-electron chi connectivity index (χ1n) is 8.50. The summed E-state index contributed by atoms with van der Waals surface area (Å²) in [7, 11) is 0. The van der Waals surface area contributed by atoms with Crippen molar-refractivity contribution in [3.05, 3.63) is 47.5 Å². The van der Waals surface area contributed by atoms with Crippen molar-refractivity contribution >= 4 is 0 Å². The van der Waals surface area contributed by atoms with Crippen molar-refractivity contribution < 1.29 is 40.1 Å². The molecule has 6 N–H and O–H groups in total. The van der Waals surface area contributed by atoms with E-state index in [1.165, 1.54) is 18.2 Å². The molecule has 0 spiro atoms. The molecular formula is C19H22O8. The van der Waals surface area contributed by atoms with E-state index in [0.717, 1.165) is 0 Å². The second kappa shape index (κ2) is 8.01. The molecule has 0 bridgehead atoms. The first kappa shape index (κ1) is 19.2. The number of benzene rings is 2. The van der Waals surface area contributed by atoms with E-state index in [4.69, 9.17) is 9.47 Å². The molecule has 2 aromatic rings. The summed E-state index contributed by atoms with van der Waals surface area (Å²) in [6.07, 6.45) is -4.26. The number of aliphatic hydroxyl groups excluding tert-OH is 3. The lowest BCUT2D eigenvalue weighted by molar-refractivity contribution is -0.242. The van der Waals surface area contributed by atoms with E-state index >= 15 is 0 Å². The standard InChI is InChI=1S/C19H22O8/c20-12-5-3-10(14(21)7-12)1-2-11-4-6-13(8-15(11)22)27-19-18(25)17(24)16(23)9-26-19/h3-8,16-25H,1-2,9H2/t16-,17+,18-,19?/m1/s1. The smallest absolute Gasteiger partial charge is 0.228 e. The highest BCUT2D eigenvalue weighted by Gasteiger charge is 2.39. The number of phenols is 3. The minimum atomic E-state index is -1.42. The Hall–Kier alpha value is -2.52. The molecule has 2 aromatic carbocycles. The van der Waals surface area contributed by atoms with E-state index < -0.39 is 24.6 Å². The van der Waals surface area contributed by atoms with Crippen LogP contribution in [-0.4, -0.2) is 61.8 Å². The van der Waals surface area contributed by atoms with Crippen LogP contribution < -0.4 is 4.74 Å². The summed E-state index contributed by atoms with van der Waals surface area (Å²) >= 11 is 0. The Labute approximate surface area is 155 Å². The number of aromatic hydroxyl groups is 3. The molecule has 1 fully saturated rings. The van der Waals surface area contributed by atoms with Crippen molar-refractivity contribution in [2.24, 2.45) is 0 Å². The van der Waals surface area contributed by atoms with E-state index in [-0.39, 0.29) is 29.6 Å². The van der Waals surface area contributed by atoms with Crippen LogP contribution in [0.5, 0.6) is 23.0 Å². The number of phenolic OH excluding ortho intramolecular Hbond substituents is 3. The van der Waals surface area contributed by atoms with Crippen LogP contribution in [0.3, 0.4) is 0 Å². The maximum absolute atomic E-state index is 10.2. The van der Waals surface area contributed by atoms with E-state index in [1.54, 1.807) is 18.2 Å². The van der Waals surface area contributed by atoms with Crippen molar-refractivity contribution in [2.75, 3.05) is 6.61 Å². The highest BCUT2D eigenvalue weighted by molar-refractivity contribution is 5.42. The summed E-state index contributed by atoms with van der Waals surface area (Å²) in [4.78, 5) is 0. The Morgan fingerprint density at radius 1 is 0.852 bits per heavy atom. The monoisotopic (exact) mass is 378 g/mol. The molecule has 8 heteroatoms. The molecule has 1 unspecified atom stereocenters. The number of rotatable bonds is 5. The van der Waals surface area contributed by atoms with Crippen LogP contribution in [0.25, 0.3) is 0 Å². The molecule has 146 valence electrons. The molecule has 1 saturated heterocycles. The van der Waals surface area contributed by atoms with Gasteiger partial charge in [-0.2, -0.15) is 0 Å². The highest BCUT2D eigenvalue weighted by atomic mass is 16.7. The van der Waals surface area contributed by atoms with E-state index in [9.17, 15) is 30.6 Å². The minimum Gasteiger partial charge on any atom is -0.508 e. The summed E-state index contributed by atoms with van der Waals surface area (Å²) < 4.78 is 10.6. The Balaban J connectivity index is 1.63. The molecular weight excluding hydrogens is 356 g/mol. The van der Waals surface area contributed by atoms with Crippen LogP contribution in [0.4, 0.5) is 0 Å². The minimum absolute atomic E-state index is 0.0152. The zero-order valence-electron chi connectivity index (χ0n) is 14.4. The van der Waals surface area contributed by atoms with Gasteiger partial charge in [0.2, 0.25) is 6.29 Å². The van der Waals surface area contributed by atoms with Gasteiger partial charge in [0.15, 0.2) is 0 Å². The lowest BCUT2D eigenvalue weighted by Gasteiger charge is -2.34. The van der Waals surface area contributed by atoms with Crippen molar-refractivity contribution in [3.63, 3.8) is 0 Å². The van der Waals surface area contributed by atoms with Gasteiger partial charge in [0.25, 0.3) is 0 Å². The van der Waals surface area contributed by atoms with Crippen LogP contribution >= 0.6 is 0 Å². The molecule has 1 aliphatic heterocycles. The fraction of sp³-hybridized carbons (Fsp3) is 0.368. The lowest BCUT2D eigenvalue weighted by atomic mass is 10.0. The van der Waals surface area contributed by atoms with Gasteiger partial charge in [-0.25, -0.2) is 0 Å². The largest absolute Gasteiger partial charge is 0.508 e. The average molecular weight is 378 g/mol. The van der Waals surface area contributed by atoms with E-state index in [1.807, 2.05) is 0 Å². The summed E-state index contributed by atoms with van der Waals surface area (Å²) in [6.45, 7) is -0.177. The van der Waals surface area contributed by atoms with Crippen molar-refractivity contribution in [1.82, 2.24) is 0 Å². The Bertz CT molecular complexity index is 793. The SMILES string of the molecule is Oc1ccc(CCc2ccc(OC3OC[C@@H](O)[C@H](O)[C@H]3O)cc2O)c(O)c1. The molecule has 0 amide bonds.